The molecule has 0 fully saturated rings. The molecule has 0 aliphatic heterocycles. The largest absolute Gasteiger partial charge is 0.497 e. The zero-order chi connectivity index (χ0) is 28.6. The zero-order valence-corrected chi connectivity index (χ0v) is 23.3. The van der Waals surface area contributed by atoms with Gasteiger partial charge in [0.1, 0.15) is 24.2 Å². The Bertz CT molecular complexity index is 1380. The van der Waals surface area contributed by atoms with Gasteiger partial charge < -0.3 is 15.0 Å². The van der Waals surface area contributed by atoms with E-state index in [1.165, 1.54) is 42.3 Å². The van der Waals surface area contributed by atoms with E-state index >= 15 is 0 Å². The van der Waals surface area contributed by atoms with E-state index in [0.29, 0.717) is 17.7 Å². The van der Waals surface area contributed by atoms with Gasteiger partial charge in [0, 0.05) is 12.6 Å². The molecule has 10 heteroatoms. The van der Waals surface area contributed by atoms with Crippen LogP contribution in [0.5, 0.6) is 5.75 Å². The van der Waals surface area contributed by atoms with Crippen LogP contribution in [0.2, 0.25) is 0 Å². The number of rotatable bonds is 12. The highest BCUT2D eigenvalue weighted by atomic mass is 32.2. The molecule has 0 saturated heterocycles. The summed E-state index contributed by atoms with van der Waals surface area (Å²) in [6.45, 7) is 4.64. The van der Waals surface area contributed by atoms with Crippen molar-refractivity contribution in [1.82, 2.24) is 10.2 Å². The number of sulfonamides is 1. The first-order valence-electron chi connectivity index (χ1n) is 12.6. The molecular formula is C29H34FN3O5S. The molecule has 0 spiro atoms. The molecule has 0 bridgehead atoms. The molecule has 0 saturated carbocycles. The fraction of sp³-hybridized carbons (Fsp3) is 0.310. The Morgan fingerprint density at radius 3 is 2.28 bits per heavy atom. The van der Waals surface area contributed by atoms with Gasteiger partial charge in [-0.05, 0) is 62.2 Å². The molecule has 39 heavy (non-hydrogen) atoms. The van der Waals surface area contributed by atoms with Gasteiger partial charge in [0.05, 0.1) is 17.7 Å². The van der Waals surface area contributed by atoms with Gasteiger partial charge in [0.2, 0.25) is 11.8 Å². The normalized spacial score (nSPS) is 12.7. The second-order valence-electron chi connectivity index (χ2n) is 9.14. The van der Waals surface area contributed by atoms with Gasteiger partial charge in [0.15, 0.2) is 0 Å². The van der Waals surface area contributed by atoms with E-state index in [0.717, 1.165) is 10.4 Å². The quantitative estimate of drug-likeness (QED) is 0.358. The number of carbonyl (C=O) groups excluding carboxylic acids is 2. The molecule has 2 atom stereocenters. The number of carbonyl (C=O) groups is 2. The van der Waals surface area contributed by atoms with Crippen LogP contribution in [0, 0.1) is 5.82 Å². The molecule has 8 nitrogen and oxygen atoms in total. The molecule has 2 amide bonds. The first kappa shape index (κ1) is 29.6. The number of hydrogen-bond acceptors (Lipinski definition) is 5. The Balaban J connectivity index is 2.03. The number of methoxy groups -OCH3 is 1. The van der Waals surface area contributed by atoms with E-state index in [-0.39, 0.29) is 29.1 Å². The van der Waals surface area contributed by atoms with E-state index in [4.69, 9.17) is 4.74 Å². The number of anilines is 1. The molecule has 3 rings (SSSR count). The van der Waals surface area contributed by atoms with Crippen molar-refractivity contribution in [1.29, 1.82) is 0 Å². The number of nitrogens with one attached hydrogen (secondary N) is 1. The lowest BCUT2D eigenvalue weighted by molar-refractivity contribution is -0.139. The molecule has 208 valence electrons. The summed E-state index contributed by atoms with van der Waals surface area (Å²) in [6, 6.07) is 18.8. The zero-order valence-electron chi connectivity index (χ0n) is 22.5. The average molecular weight is 556 g/mol. The van der Waals surface area contributed by atoms with Gasteiger partial charge in [-0.1, -0.05) is 49.4 Å². The van der Waals surface area contributed by atoms with Gasteiger partial charge in [-0.15, -0.1) is 0 Å². The summed E-state index contributed by atoms with van der Waals surface area (Å²) in [5.41, 5.74) is 0.405. The molecular weight excluding hydrogens is 521 g/mol. The maximum Gasteiger partial charge on any atom is 0.264 e. The van der Waals surface area contributed by atoms with Crippen molar-refractivity contribution in [2.24, 2.45) is 0 Å². The number of para-hydroxylation sites is 1. The molecule has 3 aromatic rings. The highest BCUT2D eigenvalue weighted by molar-refractivity contribution is 7.92. The maximum atomic E-state index is 14.9. The predicted octanol–water partition coefficient (Wildman–Crippen LogP) is 4.36. The fourth-order valence-corrected chi connectivity index (χ4v) is 5.35. The van der Waals surface area contributed by atoms with Crippen LogP contribution in [0.3, 0.4) is 0 Å². The van der Waals surface area contributed by atoms with E-state index in [1.807, 2.05) is 13.8 Å². The highest BCUT2D eigenvalue weighted by Gasteiger charge is 2.33. The summed E-state index contributed by atoms with van der Waals surface area (Å²) in [5, 5.41) is 2.87. The molecule has 0 aliphatic rings. The molecule has 0 aliphatic carbocycles. The summed E-state index contributed by atoms with van der Waals surface area (Å²) in [7, 11) is -2.81. The monoisotopic (exact) mass is 555 g/mol. The topological polar surface area (TPSA) is 96.0 Å². The number of nitrogens with zero attached hydrogens (tertiary/aromatic N) is 2. The third-order valence-electron chi connectivity index (χ3n) is 6.39. The molecule has 0 heterocycles. The SMILES string of the molecule is CC[C@H](C)NC(=O)[C@H](C)N(Cc1cccc(OC)c1)C(=O)CN(c1ccccc1F)S(=O)(=O)c1ccccc1. The Morgan fingerprint density at radius 2 is 1.64 bits per heavy atom. The summed E-state index contributed by atoms with van der Waals surface area (Å²) in [4.78, 5) is 28.1. The summed E-state index contributed by atoms with van der Waals surface area (Å²) in [6.07, 6.45) is 0.693. The highest BCUT2D eigenvalue weighted by Crippen LogP contribution is 2.27. The van der Waals surface area contributed by atoms with Crippen molar-refractivity contribution in [3.05, 3.63) is 90.2 Å². The lowest BCUT2D eigenvalue weighted by Gasteiger charge is -2.32. The summed E-state index contributed by atoms with van der Waals surface area (Å²) < 4.78 is 48.3. The Hall–Kier alpha value is -3.92. The second kappa shape index (κ2) is 13.2. The van der Waals surface area contributed by atoms with E-state index in [9.17, 15) is 22.4 Å². The van der Waals surface area contributed by atoms with E-state index in [2.05, 4.69) is 5.32 Å². The van der Waals surface area contributed by atoms with Gasteiger partial charge >= 0.3 is 0 Å². The van der Waals surface area contributed by atoms with Crippen LogP contribution in [0.4, 0.5) is 10.1 Å². The smallest absolute Gasteiger partial charge is 0.264 e. The first-order valence-corrected chi connectivity index (χ1v) is 14.1. The lowest BCUT2D eigenvalue weighted by Crippen LogP contribution is -2.52. The van der Waals surface area contributed by atoms with Crippen molar-refractivity contribution in [2.45, 2.75) is 50.7 Å². The predicted molar refractivity (Wildman–Crippen MR) is 148 cm³/mol. The van der Waals surface area contributed by atoms with Crippen molar-refractivity contribution in [3.63, 3.8) is 0 Å². The van der Waals surface area contributed by atoms with Gasteiger partial charge in [-0.2, -0.15) is 0 Å². The standard InChI is InChI=1S/C29H34FN3O5S/c1-5-21(2)31-29(35)22(3)32(19-23-12-11-13-24(18-23)38-4)28(34)20-33(27-17-10-9-16-26(27)30)39(36,37)25-14-7-6-8-15-25/h6-18,21-22H,5,19-20H2,1-4H3,(H,31,35)/t21-,22-/m0/s1. The lowest BCUT2D eigenvalue weighted by atomic mass is 10.1. The average Bonchev–Trinajstić information content (AvgIpc) is 2.95. The molecule has 3 aromatic carbocycles. The van der Waals surface area contributed by atoms with Crippen molar-refractivity contribution < 1.29 is 27.1 Å². The van der Waals surface area contributed by atoms with Crippen LogP contribution in [0.15, 0.2) is 83.8 Å². The maximum absolute atomic E-state index is 14.9. The molecule has 0 radical (unpaired) electrons. The number of hydrogen-bond donors (Lipinski definition) is 1. The van der Waals surface area contributed by atoms with Crippen LogP contribution in [0.25, 0.3) is 0 Å². The number of ether oxygens (including phenoxy) is 1. The first-order chi connectivity index (χ1) is 18.6. The summed E-state index contributed by atoms with van der Waals surface area (Å²) >= 11 is 0. The molecule has 0 unspecified atom stereocenters. The number of benzene rings is 3. The van der Waals surface area contributed by atoms with Crippen molar-refractivity contribution in [2.75, 3.05) is 18.0 Å². The minimum absolute atomic E-state index is 0.00161. The third-order valence-corrected chi connectivity index (χ3v) is 8.16. The third kappa shape index (κ3) is 7.35. The molecule has 1 N–H and O–H groups in total. The van der Waals surface area contributed by atoms with Crippen LogP contribution in [-0.2, 0) is 26.2 Å². The van der Waals surface area contributed by atoms with Gasteiger partial charge in [-0.3, -0.25) is 13.9 Å². The van der Waals surface area contributed by atoms with Gasteiger partial charge in [0.25, 0.3) is 10.0 Å². The van der Waals surface area contributed by atoms with Crippen LogP contribution < -0.4 is 14.4 Å². The Kier molecular flexibility index (Phi) is 10.1. The van der Waals surface area contributed by atoms with Gasteiger partial charge in [-0.25, -0.2) is 12.8 Å². The minimum atomic E-state index is -4.33. The number of amides is 2. The molecule has 0 aromatic heterocycles. The fourth-order valence-electron chi connectivity index (χ4n) is 3.90. The van der Waals surface area contributed by atoms with Crippen LogP contribution in [0.1, 0.15) is 32.8 Å². The van der Waals surface area contributed by atoms with E-state index < -0.39 is 34.3 Å². The Morgan fingerprint density at radius 1 is 0.974 bits per heavy atom. The van der Waals surface area contributed by atoms with E-state index in [1.54, 1.807) is 49.4 Å². The summed E-state index contributed by atoms with van der Waals surface area (Å²) in [5.74, 6) is -1.29. The number of halogens is 1. The van der Waals surface area contributed by atoms with Crippen LogP contribution in [-0.4, -0.2) is 50.9 Å². The Labute approximate surface area is 229 Å². The second-order valence-corrected chi connectivity index (χ2v) is 11.0. The van der Waals surface area contributed by atoms with Crippen LogP contribution >= 0.6 is 0 Å². The minimum Gasteiger partial charge on any atom is -0.497 e. The van der Waals surface area contributed by atoms with Crippen molar-refractivity contribution >= 4 is 27.5 Å². The van der Waals surface area contributed by atoms with Crippen molar-refractivity contribution in [3.8, 4) is 5.75 Å².